The highest BCUT2D eigenvalue weighted by Gasteiger charge is 2.69. The van der Waals surface area contributed by atoms with Crippen molar-refractivity contribution in [2.45, 2.75) is 46.1 Å². The maximum absolute atomic E-state index is 10.6. The van der Waals surface area contributed by atoms with Gasteiger partial charge in [0.2, 0.25) is 0 Å². The molecule has 1 heteroatoms. The normalized spacial score (nSPS) is 58.6. The van der Waals surface area contributed by atoms with Gasteiger partial charge >= 0.3 is 0 Å². The van der Waals surface area contributed by atoms with E-state index >= 15 is 0 Å². The van der Waals surface area contributed by atoms with Gasteiger partial charge in [0, 0.05) is 5.92 Å². The van der Waals surface area contributed by atoms with Crippen LogP contribution >= 0.6 is 0 Å². The summed E-state index contributed by atoms with van der Waals surface area (Å²) in [5.41, 5.74) is -0.157. The Bertz CT molecular complexity index is 341. The van der Waals surface area contributed by atoms with Crippen molar-refractivity contribution in [3.8, 4) is 0 Å². The molecule has 0 saturated heterocycles. The summed E-state index contributed by atoms with van der Waals surface area (Å²) in [6.45, 7) is 9.10. The first-order valence-electron chi connectivity index (χ1n) is 6.79. The highest BCUT2D eigenvalue weighted by molar-refractivity contribution is 5.29. The zero-order valence-corrected chi connectivity index (χ0v) is 10.9. The molecule has 16 heavy (non-hydrogen) atoms. The minimum Gasteiger partial charge on any atom is -0.386 e. The Morgan fingerprint density at radius 1 is 1.31 bits per heavy atom. The monoisotopic (exact) mass is 220 g/mol. The summed E-state index contributed by atoms with van der Waals surface area (Å²) in [6, 6.07) is 0. The molecule has 3 fully saturated rings. The Hall–Kier alpha value is -0.300. The second-order valence-corrected chi connectivity index (χ2v) is 7.12. The number of rotatable bonds is 1. The van der Waals surface area contributed by atoms with Crippen LogP contribution in [-0.2, 0) is 0 Å². The predicted molar refractivity (Wildman–Crippen MR) is 65.9 cm³/mol. The van der Waals surface area contributed by atoms with E-state index in [0.29, 0.717) is 11.3 Å². The molecule has 4 rings (SSSR count). The average molecular weight is 220 g/mol. The van der Waals surface area contributed by atoms with Gasteiger partial charge in [-0.2, -0.15) is 0 Å². The second-order valence-electron chi connectivity index (χ2n) is 7.12. The van der Waals surface area contributed by atoms with Crippen molar-refractivity contribution in [2.75, 3.05) is 0 Å². The predicted octanol–water partition coefficient (Wildman–Crippen LogP) is 3.24. The van der Waals surface area contributed by atoms with E-state index < -0.39 is 5.60 Å². The van der Waals surface area contributed by atoms with Gasteiger partial charge in [-0.3, -0.25) is 0 Å². The Kier molecular flexibility index (Phi) is 1.98. The molecule has 1 nitrogen and oxygen atoms in total. The highest BCUT2D eigenvalue weighted by Crippen LogP contribution is 2.72. The summed E-state index contributed by atoms with van der Waals surface area (Å²) in [5.74, 6) is 3.60. The fourth-order valence-electron chi connectivity index (χ4n) is 5.27. The lowest BCUT2D eigenvalue weighted by Gasteiger charge is -2.72. The topological polar surface area (TPSA) is 20.2 Å². The van der Waals surface area contributed by atoms with Crippen LogP contribution in [0.5, 0.6) is 0 Å². The highest BCUT2D eigenvalue weighted by atomic mass is 16.3. The standard InChI is InChI=1S/C15H24O/c1-9(2)10-5-7-14(3)11-6-8-15(4,16)13(14)12(10)11/h6,8-13,16H,5,7H2,1-4H3/t10-,11-,12-,13+,14-,15?/m1/s1. The van der Waals surface area contributed by atoms with Gasteiger partial charge in [-0.05, 0) is 48.9 Å². The Morgan fingerprint density at radius 2 is 2.00 bits per heavy atom. The molecule has 4 aliphatic rings. The van der Waals surface area contributed by atoms with Gasteiger partial charge in [-0.25, -0.2) is 0 Å². The molecule has 4 bridgehead atoms. The molecule has 0 aromatic rings. The lowest BCUT2D eigenvalue weighted by atomic mass is 9.33. The van der Waals surface area contributed by atoms with Crippen molar-refractivity contribution in [3.05, 3.63) is 12.2 Å². The molecule has 4 aliphatic carbocycles. The lowest BCUT2D eigenvalue weighted by molar-refractivity contribution is -0.238. The molecular formula is C15H24O. The van der Waals surface area contributed by atoms with Crippen LogP contribution in [0.25, 0.3) is 0 Å². The fraction of sp³-hybridized carbons (Fsp3) is 0.867. The van der Waals surface area contributed by atoms with Crippen LogP contribution in [0, 0.1) is 35.0 Å². The van der Waals surface area contributed by atoms with Crippen molar-refractivity contribution in [3.63, 3.8) is 0 Å². The maximum Gasteiger partial charge on any atom is 0.0836 e. The number of hydrogen-bond donors (Lipinski definition) is 1. The molecule has 90 valence electrons. The summed E-state index contributed by atoms with van der Waals surface area (Å²) < 4.78 is 0. The molecule has 0 aromatic heterocycles. The number of allylic oxidation sites excluding steroid dienone is 1. The molecule has 0 aliphatic heterocycles. The van der Waals surface area contributed by atoms with Gasteiger partial charge in [-0.1, -0.05) is 32.9 Å². The Morgan fingerprint density at radius 3 is 2.56 bits per heavy atom. The summed E-state index contributed by atoms with van der Waals surface area (Å²) in [7, 11) is 0. The largest absolute Gasteiger partial charge is 0.386 e. The molecule has 0 heterocycles. The minimum absolute atomic E-state index is 0.397. The zero-order chi connectivity index (χ0) is 11.7. The number of fused-ring (bicyclic) bond motifs is 2. The molecule has 0 radical (unpaired) electrons. The van der Waals surface area contributed by atoms with Gasteiger partial charge in [-0.15, -0.1) is 0 Å². The summed E-state index contributed by atoms with van der Waals surface area (Å²) in [5, 5.41) is 10.6. The summed E-state index contributed by atoms with van der Waals surface area (Å²) in [6.07, 6.45) is 7.06. The Balaban J connectivity index is 1.99. The van der Waals surface area contributed by atoms with Gasteiger partial charge < -0.3 is 5.11 Å². The summed E-state index contributed by atoms with van der Waals surface area (Å²) in [4.78, 5) is 0. The third-order valence-electron chi connectivity index (χ3n) is 5.91. The van der Waals surface area contributed by atoms with Crippen molar-refractivity contribution in [1.82, 2.24) is 0 Å². The SMILES string of the molecule is CC(C)[C@H]1CC[C@]2(C)[C@@H]3C=CC(C)(O)[C@H]2[C@H]13. The number of aliphatic hydroxyl groups is 1. The molecule has 1 N–H and O–H groups in total. The fourth-order valence-corrected chi connectivity index (χ4v) is 5.27. The van der Waals surface area contributed by atoms with Crippen LogP contribution in [-0.4, -0.2) is 10.7 Å². The van der Waals surface area contributed by atoms with Crippen LogP contribution in [0.3, 0.4) is 0 Å². The van der Waals surface area contributed by atoms with Gasteiger partial charge in [0.1, 0.15) is 0 Å². The van der Waals surface area contributed by atoms with Crippen molar-refractivity contribution < 1.29 is 5.11 Å². The van der Waals surface area contributed by atoms with Crippen molar-refractivity contribution >= 4 is 0 Å². The van der Waals surface area contributed by atoms with E-state index in [4.69, 9.17) is 0 Å². The molecule has 6 atom stereocenters. The first-order chi connectivity index (χ1) is 7.38. The lowest BCUT2D eigenvalue weighted by Crippen LogP contribution is -2.69. The van der Waals surface area contributed by atoms with E-state index in [1.165, 1.54) is 12.8 Å². The second kappa shape index (κ2) is 2.93. The molecule has 3 saturated carbocycles. The van der Waals surface area contributed by atoms with Crippen LogP contribution in [0.1, 0.15) is 40.5 Å². The molecule has 0 amide bonds. The minimum atomic E-state index is -0.554. The third kappa shape index (κ3) is 1.06. The van der Waals surface area contributed by atoms with E-state index in [1.54, 1.807) is 0 Å². The van der Waals surface area contributed by atoms with Gasteiger partial charge in [0.05, 0.1) is 5.60 Å². The first kappa shape index (κ1) is 10.8. The van der Waals surface area contributed by atoms with E-state index in [9.17, 15) is 5.11 Å². The van der Waals surface area contributed by atoms with Crippen LogP contribution in [0.4, 0.5) is 0 Å². The van der Waals surface area contributed by atoms with Crippen LogP contribution in [0.2, 0.25) is 0 Å². The van der Waals surface area contributed by atoms with E-state index in [0.717, 1.165) is 23.7 Å². The maximum atomic E-state index is 10.6. The first-order valence-corrected chi connectivity index (χ1v) is 6.79. The van der Waals surface area contributed by atoms with E-state index in [-0.39, 0.29) is 0 Å². The number of hydrogen-bond acceptors (Lipinski definition) is 1. The summed E-state index contributed by atoms with van der Waals surface area (Å²) >= 11 is 0. The average Bonchev–Trinajstić information content (AvgIpc) is 2.15. The van der Waals surface area contributed by atoms with E-state index in [2.05, 4.69) is 32.9 Å². The van der Waals surface area contributed by atoms with Crippen molar-refractivity contribution in [1.29, 1.82) is 0 Å². The molecular weight excluding hydrogens is 196 g/mol. The quantitative estimate of drug-likeness (QED) is 0.673. The van der Waals surface area contributed by atoms with Crippen LogP contribution < -0.4 is 0 Å². The van der Waals surface area contributed by atoms with E-state index in [1.807, 2.05) is 6.92 Å². The molecule has 0 spiro atoms. The van der Waals surface area contributed by atoms with Gasteiger partial charge in [0.15, 0.2) is 0 Å². The molecule has 1 unspecified atom stereocenters. The van der Waals surface area contributed by atoms with Crippen LogP contribution in [0.15, 0.2) is 12.2 Å². The smallest absolute Gasteiger partial charge is 0.0836 e. The van der Waals surface area contributed by atoms with Crippen molar-refractivity contribution in [2.24, 2.45) is 35.0 Å². The molecule has 0 aromatic carbocycles. The van der Waals surface area contributed by atoms with Gasteiger partial charge in [0.25, 0.3) is 0 Å². The third-order valence-corrected chi connectivity index (χ3v) is 5.91. The Labute approximate surface area is 98.9 Å². The zero-order valence-electron chi connectivity index (χ0n) is 10.9.